The third kappa shape index (κ3) is 2.88. The van der Waals surface area contributed by atoms with Gasteiger partial charge < -0.3 is 14.5 Å². The van der Waals surface area contributed by atoms with Crippen LogP contribution in [0.1, 0.15) is 23.8 Å². The summed E-state index contributed by atoms with van der Waals surface area (Å²) in [5, 5.41) is 7.65. The molecule has 1 aliphatic heterocycles. The van der Waals surface area contributed by atoms with Crippen LogP contribution in [-0.2, 0) is 18.3 Å². The minimum absolute atomic E-state index is 0.165. The highest BCUT2D eigenvalue weighted by Crippen LogP contribution is 2.33. The summed E-state index contributed by atoms with van der Waals surface area (Å²) < 4.78 is 13.0. The second kappa shape index (κ2) is 5.59. The maximum absolute atomic E-state index is 5.84. The molecular weight excluding hydrogens is 242 g/mol. The molecule has 0 unspecified atom stereocenters. The lowest BCUT2D eigenvalue weighted by atomic mass is 9.97. The maximum atomic E-state index is 5.84. The standard InChI is InChI=1S/C14H19N3O2/c1-17-10-12(8-16-17)14-11(4-6-19-14)7-15-9-13-3-2-5-18-13/h2-3,5,8,10-11,14-15H,4,6-7,9H2,1H3/t11-,14+/m1/s1. The molecule has 102 valence electrons. The summed E-state index contributed by atoms with van der Waals surface area (Å²) >= 11 is 0. The molecule has 2 aromatic heterocycles. The number of furan rings is 1. The molecule has 1 saturated heterocycles. The molecule has 5 heteroatoms. The van der Waals surface area contributed by atoms with Crippen molar-refractivity contribution in [1.29, 1.82) is 0 Å². The molecule has 1 aliphatic rings. The average molecular weight is 261 g/mol. The van der Waals surface area contributed by atoms with Crippen LogP contribution in [0.15, 0.2) is 35.2 Å². The van der Waals surface area contributed by atoms with Crippen LogP contribution in [0.5, 0.6) is 0 Å². The molecule has 19 heavy (non-hydrogen) atoms. The number of rotatable bonds is 5. The fourth-order valence-electron chi connectivity index (χ4n) is 2.59. The number of ether oxygens (including phenoxy) is 1. The summed E-state index contributed by atoms with van der Waals surface area (Å²) in [6.07, 6.45) is 6.89. The zero-order valence-electron chi connectivity index (χ0n) is 11.1. The van der Waals surface area contributed by atoms with E-state index < -0.39 is 0 Å². The van der Waals surface area contributed by atoms with Gasteiger partial charge in [0.2, 0.25) is 0 Å². The highest BCUT2D eigenvalue weighted by molar-refractivity contribution is 5.11. The smallest absolute Gasteiger partial charge is 0.117 e. The molecule has 0 aliphatic carbocycles. The van der Waals surface area contributed by atoms with Crippen LogP contribution in [0.25, 0.3) is 0 Å². The summed E-state index contributed by atoms with van der Waals surface area (Å²) in [5.41, 5.74) is 1.17. The van der Waals surface area contributed by atoms with Crippen LogP contribution in [0.2, 0.25) is 0 Å². The molecule has 0 spiro atoms. The monoisotopic (exact) mass is 261 g/mol. The molecule has 5 nitrogen and oxygen atoms in total. The van der Waals surface area contributed by atoms with Crippen molar-refractivity contribution in [2.75, 3.05) is 13.2 Å². The fraction of sp³-hybridized carbons (Fsp3) is 0.500. The van der Waals surface area contributed by atoms with Crippen molar-refractivity contribution in [3.63, 3.8) is 0 Å². The van der Waals surface area contributed by atoms with Crippen LogP contribution in [-0.4, -0.2) is 22.9 Å². The van der Waals surface area contributed by atoms with E-state index in [2.05, 4.69) is 10.4 Å². The quantitative estimate of drug-likeness (QED) is 0.893. The predicted molar refractivity (Wildman–Crippen MR) is 70.4 cm³/mol. The second-order valence-electron chi connectivity index (χ2n) is 5.00. The van der Waals surface area contributed by atoms with Crippen molar-refractivity contribution in [2.24, 2.45) is 13.0 Å². The Labute approximate surface area is 112 Å². The summed E-state index contributed by atoms with van der Waals surface area (Å²) in [7, 11) is 1.93. The first kappa shape index (κ1) is 12.4. The van der Waals surface area contributed by atoms with Gasteiger partial charge in [0.05, 0.1) is 25.1 Å². The van der Waals surface area contributed by atoms with Crippen LogP contribution in [0, 0.1) is 5.92 Å². The molecule has 1 fully saturated rings. The zero-order valence-corrected chi connectivity index (χ0v) is 11.1. The average Bonchev–Trinajstić information content (AvgIpc) is 3.10. The third-order valence-corrected chi connectivity index (χ3v) is 3.55. The largest absolute Gasteiger partial charge is 0.468 e. The van der Waals surface area contributed by atoms with Crippen molar-refractivity contribution < 1.29 is 9.15 Å². The number of hydrogen-bond acceptors (Lipinski definition) is 4. The lowest BCUT2D eigenvalue weighted by Gasteiger charge is -2.17. The molecule has 2 aromatic rings. The van der Waals surface area contributed by atoms with E-state index in [0.29, 0.717) is 5.92 Å². The molecule has 1 N–H and O–H groups in total. The molecule has 0 aromatic carbocycles. The van der Waals surface area contributed by atoms with Crippen molar-refractivity contribution in [1.82, 2.24) is 15.1 Å². The Bertz CT molecular complexity index is 507. The van der Waals surface area contributed by atoms with Crippen molar-refractivity contribution in [3.8, 4) is 0 Å². The minimum Gasteiger partial charge on any atom is -0.468 e. The number of aryl methyl sites for hydroxylation is 1. The van der Waals surface area contributed by atoms with Gasteiger partial charge in [-0.25, -0.2) is 0 Å². The molecule has 2 atom stereocenters. The highest BCUT2D eigenvalue weighted by Gasteiger charge is 2.30. The summed E-state index contributed by atoms with van der Waals surface area (Å²) in [6, 6.07) is 3.89. The van der Waals surface area contributed by atoms with Crippen molar-refractivity contribution in [2.45, 2.75) is 19.1 Å². The Kier molecular flexibility index (Phi) is 3.66. The van der Waals surface area contributed by atoms with E-state index in [-0.39, 0.29) is 6.10 Å². The summed E-state index contributed by atoms with van der Waals surface area (Å²) in [5.74, 6) is 1.47. The van der Waals surface area contributed by atoms with Gasteiger partial charge in [-0.15, -0.1) is 0 Å². The lowest BCUT2D eigenvalue weighted by Crippen LogP contribution is -2.24. The molecule has 0 radical (unpaired) electrons. The molecule has 0 amide bonds. The normalized spacial score (nSPS) is 23.0. The number of nitrogens with one attached hydrogen (secondary N) is 1. The second-order valence-corrected chi connectivity index (χ2v) is 5.00. The van der Waals surface area contributed by atoms with Crippen LogP contribution < -0.4 is 5.32 Å². The van der Waals surface area contributed by atoms with Gasteiger partial charge in [-0.05, 0) is 18.6 Å². The number of nitrogens with zero attached hydrogens (tertiary/aromatic N) is 2. The van der Waals surface area contributed by atoms with Crippen LogP contribution in [0.3, 0.4) is 0 Å². The fourth-order valence-corrected chi connectivity index (χ4v) is 2.59. The Morgan fingerprint density at radius 2 is 2.47 bits per heavy atom. The first-order valence-corrected chi connectivity index (χ1v) is 6.66. The Balaban J connectivity index is 1.55. The number of hydrogen-bond donors (Lipinski definition) is 1. The molecular formula is C14H19N3O2. The Morgan fingerprint density at radius 3 is 3.21 bits per heavy atom. The first-order chi connectivity index (χ1) is 9.33. The highest BCUT2D eigenvalue weighted by atomic mass is 16.5. The van der Waals surface area contributed by atoms with E-state index in [4.69, 9.17) is 9.15 Å². The maximum Gasteiger partial charge on any atom is 0.117 e. The van der Waals surface area contributed by atoms with Gasteiger partial charge in [0.25, 0.3) is 0 Å². The Hall–Kier alpha value is -1.59. The van der Waals surface area contributed by atoms with E-state index >= 15 is 0 Å². The predicted octanol–water partition coefficient (Wildman–Crippen LogP) is 1.88. The van der Waals surface area contributed by atoms with Gasteiger partial charge in [-0.3, -0.25) is 4.68 Å². The SMILES string of the molecule is Cn1cc([C@H]2OCC[C@@H]2CNCc2ccco2)cn1. The van der Waals surface area contributed by atoms with Crippen molar-refractivity contribution >= 4 is 0 Å². The van der Waals surface area contributed by atoms with Gasteiger partial charge in [0.15, 0.2) is 0 Å². The third-order valence-electron chi connectivity index (χ3n) is 3.55. The lowest BCUT2D eigenvalue weighted by molar-refractivity contribution is 0.0903. The van der Waals surface area contributed by atoms with Crippen LogP contribution in [0.4, 0.5) is 0 Å². The molecule has 0 saturated carbocycles. The van der Waals surface area contributed by atoms with E-state index in [0.717, 1.165) is 31.9 Å². The molecule has 3 rings (SSSR count). The van der Waals surface area contributed by atoms with E-state index in [9.17, 15) is 0 Å². The Morgan fingerprint density at radius 1 is 1.53 bits per heavy atom. The van der Waals surface area contributed by atoms with Gasteiger partial charge in [-0.2, -0.15) is 5.10 Å². The van der Waals surface area contributed by atoms with Gasteiger partial charge in [0, 0.05) is 37.9 Å². The van der Waals surface area contributed by atoms with Gasteiger partial charge in [0.1, 0.15) is 5.76 Å². The minimum atomic E-state index is 0.165. The van der Waals surface area contributed by atoms with E-state index in [1.807, 2.05) is 36.3 Å². The van der Waals surface area contributed by atoms with Crippen molar-refractivity contribution in [3.05, 3.63) is 42.1 Å². The first-order valence-electron chi connectivity index (χ1n) is 6.66. The van der Waals surface area contributed by atoms with E-state index in [1.54, 1.807) is 6.26 Å². The summed E-state index contributed by atoms with van der Waals surface area (Å²) in [4.78, 5) is 0. The zero-order chi connectivity index (χ0) is 13.1. The molecule has 3 heterocycles. The summed E-state index contributed by atoms with van der Waals surface area (Å²) in [6.45, 7) is 2.52. The van der Waals surface area contributed by atoms with Gasteiger partial charge >= 0.3 is 0 Å². The van der Waals surface area contributed by atoms with Crippen LogP contribution >= 0.6 is 0 Å². The van der Waals surface area contributed by atoms with Gasteiger partial charge in [-0.1, -0.05) is 0 Å². The van der Waals surface area contributed by atoms with E-state index in [1.165, 1.54) is 5.56 Å². The topological polar surface area (TPSA) is 52.2 Å². The number of aromatic nitrogens is 2. The molecule has 0 bridgehead atoms.